The molecule has 1 aromatic carbocycles. The number of aliphatic hydroxyl groups excluding tert-OH is 1. The van der Waals surface area contributed by atoms with Gasteiger partial charge in [0.1, 0.15) is 0 Å². The third-order valence-corrected chi connectivity index (χ3v) is 6.38. The van der Waals surface area contributed by atoms with Crippen molar-refractivity contribution in [1.29, 1.82) is 0 Å². The zero-order chi connectivity index (χ0) is 15.0. The highest BCUT2D eigenvalue weighted by molar-refractivity contribution is 9.10. The normalized spacial score (nSPS) is 25.3. The Hall–Kier alpha value is -0.790. The summed E-state index contributed by atoms with van der Waals surface area (Å²) in [5.41, 5.74) is 0.654. The molecule has 1 aromatic rings. The molecule has 0 spiro atoms. The molecule has 0 radical (unpaired) electrons. The van der Waals surface area contributed by atoms with Gasteiger partial charge in [0.25, 0.3) is 0 Å². The molecule has 0 amide bonds. The van der Waals surface area contributed by atoms with Crippen molar-refractivity contribution >= 4 is 25.8 Å². The van der Waals surface area contributed by atoms with Gasteiger partial charge >= 0.3 is 0 Å². The van der Waals surface area contributed by atoms with Gasteiger partial charge in [0.15, 0.2) is 21.3 Å². The summed E-state index contributed by atoms with van der Waals surface area (Å²) in [5.74, 6) is 1.17. The fourth-order valence-corrected chi connectivity index (χ4v) is 5.14. The summed E-state index contributed by atoms with van der Waals surface area (Å²) >= 11 is 3.43. The molecule has 21 heavy (non-hydrogen) atoms. The van der Waals surface area contributed by atoms with Gasteiger partial charge in [-0.1, -0.05) is 15.9 Å². The van der Waals surface area contributed by atoms with Crippen LogP contribution in [0.3, 0.4) is 0 Å². The molecule has 2 aliphatic rings. The van der Waals surface area contributed by atoms with Crippen molar-refractivity contribution in [3.05, 3.63) is 22.2 Å². The fourth-order valence-electron chi connectivity index (χ4n) is 2.75. The van der Waals surface area contributed by atoms with Gasteiger partial charge in [-0.2, -0.15) is 0 Å². The molecule has 1 saturated heterocycles. The molecule has 2 unspecified atom stereocenters. The summed E-state index contributed by atoms with van der Waals surface area (Å²) in [6.45, 7) is 1.17. The zero-order valence-electron chi connectivity index (χ0n) is 11.4. The first-order valence-corrected chi connectivity index (χ1v) is 9.55. The molecule has 5 nitrogen and oxygen atoms in total. The molecular formula is C14H17BrO5S. The van der Waals surface area contributed by atoms with Crippen molar-refractivity contribution in [3.63, 3.8) is 0 Å². The first-order chi connectivity index (χ1) is 9.96. The summed E-state index contributed by atoms with van der Waals surface area (Å²) in [4.78, 5) is 0. The molecule has 2 atom stereocenters. The van der Waals surface area contributed by atoms with E-state index in [-0.39, 0.29) is 17.4 Å². The topological polar surface area (TPSA) is 72.8 Å². The molecule has 3 rings (SSSR count). The second-order valence-corrected chi connectivity index (χ2v) is 8.56. The van der Waals surface area contributed by atoms with E-state index in [1.807, 2.05) is 0 Å². The van der Waals surface area contributed by atoms with Crippen molar-refractivity contribution in [1.82, 2.24) is 0 Å². The Kier molecular flexibility index (Phi) is 4.16. The lowest BCUT2D eigenvalue weighted by Crippen LogP contribution is -2.15. The summed E-state index contributed by atoms with van der Waals surface area (Å²) in [6, 6.07) is 3.53. The van der Waals surface area contributed by atoms with Crippen molar-refractivity contribution in [2.24, 2.45) is 5.92 Å². The van der Waals surface area contributed by atoms with E-state index in [4.69, 9.17) is 9.47 Å². The predicted molar refractivity (Wildman–Crippen MR) is 81.5 cm³/mol. The van der Waals surface area contributed by atoms with Crippen molar-refractivity contribution < 1.29 is 23.0 Å². The van der Waals surface area contributed by atoms with Crippen LogP contribution in [-0.4, -0.2) is 38.2 Å². The second kappa shape index (κ2) is 5.78. The van der Waals surface area contributed by atoms with Crippen LogP contribution in [0.2, 0.25) is 0 Å². The zero-order valence-corrected chi connectivity index (χ0v) is 13.8. The van der Waals surface area contributed by atoms with Crippen molar-refractivity contribution in [2.75, 3.05) is 24.7 Å². The van der Waals surface area contributed by atoms with Gasteiger partial charge in [-0.05, 0) is 24.1 Å². The predicted octanol–water partition coefficient (Wildman–Crippen LogP) is 2.08. The highest BCUT2D eigenvalue weighted by Crippen LogP contribution is 2.41. The number of aliphatic hydroxyl groups is 1. The molecule has 1 fully saturated rings. The summed E-state index contributed by atoms with van der Waals surface area (Å²) in [5, 5.41) is 10.5. The van der Waals surface area contributed by atoms with Crippen LogP contribution in [0.15, 0.2) is 16.6 Å². The highest BCUT2D eigenvalue weighted by atomic mass is 79.9. The molecular weight excluding hydrogens is 360 g/mol. The van der Waals surface area contributed by atoms with Crippen LogP contribution in [0.1, 0.15) is 24.5 Å². The fraction of sp³-hybridized carbons (Fsp3) is 0.571. The minimum atomic E-state index is -3.02. The third kappa shape index (κ3) is 3.19. The third-order valence-electron chi connectivity index (χ3n) is 3.90. The largest absolute Gasteiger partial charge is 0.490 e. The van der Waals surface area contributed by atoms with Gasteiger partial charge < -0.3 is 14.6 Å². The molecule has 0 aliphatic carbocycles. The maximum absolute atomic E-state index is 11.6. The molecule has 7 heteroatoms. The summed E-state index contributed by atoms with van der Waals surface area (Å²) in [7, 11) is -3.02. The molecule has 116 valence electrons. The first-order valence-electron chi connectivity index (χ1n) is 6.94. The van der Waals surface area contributed by atoms with Crippen LogP contribution in [0.4, 0.5) is 0 Å². The van der Waals surface area contributed by atoms with E-state index in [9.17, 15) is 13.5 Å². The lowest BCUT2D eigenvalue weighted by atomic mass is 9.95. The van der Waals surface area contributed by atoms with Crippen molar-refractivity contribution in [3.8, 4) is 11.5 Å². The van der Waals surface area contributed by atoms with Crippen LogP contribution in [0.5, 0.6) is 11.5 Å². The number of ether oxygens (including phenoxy) is 2. The highest BCUT2D eigenvalue weighted by Gasteiger charge is 2.34. The van der Waals surface area contributed by atoms with Gasteiger partial charge in [-0.25, -0.2) is 8.42 Å². The van der Waals surface area contributed by atoms with Gasteiger partial charge in [0, 0.05) is 16.8 Å². The number of hydrogen-bond acceptors (Lipinski definition) is 5. The number of rotatable bonds is 2. The Morgan fingerprint density at radius 2 is 1.90 bits per heavy atom. The second-order valence-electron chi connectivity index (χ2n) is 5.48. The van der Waals surface area contributed by atoms with E-state index in [1.54, 1.807) is 12.1 Å². The lowest BCUT2D eigenvalue weighted by molar-refractivity contribution is 0.120. The average molecular weight is 377 g/mol. The molecule has 0 saturated carbocycles. The molecule has 2 heterocycles. The van der Waals surface area contributed by atoms with Gasteiger partial charge in [-0.15, -0.1) is 0 Å². The summed E-state index contributed by atoms with van der Waals surface area (Å²) in [6.07, 6.45) is 0.476. The Labute approximate surface area is 132 Å². The maximum atomic E-state index is 11.6. The Morgan fingerprint density at radius 3 is 2.52 bits per heavy atom. The standard InChI is InChI=1S/C14H17BrO5S/c15-11-7-13-12(19-3-1-4-20-13)6-10(11)14(16)9-2-5-21(17,18)8-9/h6-7,9,14,16H,1-5,8H2. The van der Waals surface area contributed by atoms with Gasteiger partial charge in [0.05, 0.1) is 30.8 Å². The molecule has 0 bridgehead atoms. The number of benzene rings is 1. The minimum absolute atomic E-state index is 0.0368. The number of fused-ring (bicyclic) bond motifs is 1. The van der Waals surface area contributed by atoms with E-state index in [2.05, 4.69) is 15.9 Å². The summed E-state index contributed by atoms with van der Waals surface area (Å²) < 4.78 is 35.1. The average Bonchev–Trinajstić information content (AvgIpc) is 2.66. The quantitative estimate of drug-likeness (QED) is 0.855. The van der Waals surface area contributed by atoms with Gasteiger partial charge in [-0.3, -0.25) is 0 Å². The number of sulfone groups is 1. The van der Waals surface area contributed by atoms with Crippen molar-refractivity contribution in [2.45, 2.75) is 18.9 Å². The SMILES string of the molecule is O=S1(=O)CCC(C(O)c2cc3c(cc2Br)OCCCO3)C1. The van der Waals surface area contributed by atoms with E-state index in [0.29, 0.717) is 41.2 Å². The van der Waals surface area contributed by atoms with E-state index in [0.717, 1.165) is 6.42 Å². The van der Waals surface area contributed by atoms with Gasteiger partial charge in [0.2, 0.25) is 0 Å². The Balaban J connectivity index is 1.90. The van der Waals surface area contributed by atoms with Crippen LogP contribution >= 0.6 is 15.9 Å². The van der Waals surface area contributed by atoms with E-state index >= 15 is 0 Å². The molecule has 1 N–H and O–H groups in total. The monoisotopic (exact) mass is 376 g/mol. The molecule has 2 aliphatic heterocycles. The van der Waals surface area contributed by atoms with Crippen LogP contribution in [0, 0.1) is 5.92 Å². The maximum Gasteiger partial charge on any atom is 0.162 e. The van der Waals surface area contributed by atoms with Crippen LogP contribution < -0.4 is 9.47 Å². The lowest BCUT2D eigenvalue weighted by Gasteiger charge is -2.20. The van der Waals surface area contributed by atoms with Crippen LogP contribution in [0.25, 0.3) is 0 Å². The van der Waals surface area contributed by atoms with Crippen LogP contribution in [-0.2, 0) is 9.84 Å². The smallest absolute Gasteiger partial charge is 0.162 e. The van der Waals surface area contributed by atoms with E-state index < -0.39 is 15.9 Å². The Bertz CT molecular complexity index is 643. The first kappa shape index (κ1) is 15.1. The number of halogens is 1. The Morgan fingerprint density at radius 1 is 1.24 bits per heavy atom. The van der Waals surface area contributed by atoms with E-state index in [1.165, 1.54) is 0 Å². The minimum Gasteiger partial charge on any atom is -0.490 e. The molecule has 0 aromatic heterocycles. The number of hydrogen-bond donors (Lipinski definition) is 1.